The van der Waals surface area contributed by atoms with Crippen molar-refractivity contribution in [1.29, 1.82) is 0 Å². The number of morpholine rings is 1. The molecule has 1 saturated heterocycles. The van der Waals surface area contributed by atoms with Gasteiger partial charge < -0.3 is 19.3 Å². The zero-order chi connectivity index (χ0) is 25.9. The maximum absolute atomic E-state index is 14.2. The monoisotopic (exact) mass is 526 g/mol. The highest BCUT2D eigenvalue weighted by molar-refractivity contribution is 6.31. The van der Waals surface area contributed by atoms with Crippen molar-refractivity contribution in [3.8, 4) is 0 Å². The fourth-order valence-electron chi connectivity index (χ4n) is 4.34. The summed E-state index contributed by atoms with van der Waals surface area (Å²) in [6.07, 6.45) is 7.94. The number of nitrogens with zero attached hydrogens (tertiary/aromatic N) is 6. The lowest BCUT2D eigenvalue weighted by molar-refractivity contribution is 0.122. The minimum atomic E-state index is -0.787. The van der Waals surface area contributed by atoms with Gasteiger partial charge >= 0.3 is 0 Å². The molecule has 0 spiro atoms. The quantitative estimate of drug-likeness (QED) is 0.452. The van der Waals surface area contributed by atoms with Crippen molar-refractivity contribution >= 4 is 23.2 Å². The Hall–Kier alpha value is -3.63. The summed E-state index contributed by atoms with van der Waals surface area (Å²) in [7, 11) is 0. The number of halogens is 3. The first-order valence-corrected chi connectivity index (χ1v) is 12.2. The number of pyridine rings is 2. The summed E-state index contributed by atoms with van der Waals surface area (Å²) < 4.78 is 38.8. The third-order valence-electron chi connectivity index (χ3n) is 6.19. The van der Waals surface area contributed by atoms with Gasteiger partial charge in [-0.15, -0.1) is 0 Å². The van der Waals surface area contributed by atoms with Crippen LogP contribution in [0.25, 0.3) is 0 Å². The van der Waals surface area contributed by atoms with E-state index in [1.54, 1.807) is 24.7 Å². The summed E-state index contributed by atoms with van der Waals surface area (Å²) >= 11 is 7.00. The number of ether oxygens (including phenoxy) is 2. The van der Waals surface area contributed by atoms with Gasteiger partial charge in [-0.3, -0.25) is 9.97 Å². The van der Waals surface area contributed by atoms with Gasteiger partial charge in [0.25, 0.3) is 0 Å². The maximum atomic E-state index is 14.2. The van der Waals surface area contributed by atoms with E-state index >= 15 is 0 Å². The van der Waals surface area contributed by atoms with Crippen LogP contribution in [0, 0.1) is 18.6 Å². The van der Waals surface area contributed by atoms with Gasteiger partial charge in [0.2, 0.25) is 5.95 Å². The highest BCUT2D eigenvalue weighted by atomic mass is 35.5. The van der Waals surface area contributed by atoms with E-state index in [0.29, 0.717) is 48.7 Å². The van der Waals surface area contributed by atoms with Crippen LogP contribution in [0.3, 0.4) is 0 Å². The number of allylic oxidation sites excluding steroid dienone is 2. The molecular formula is C26H25ClF2N6O2. The Morgan fingerprint density at radius 2 is 1.92 bits per heavy atom. The minimum absolute atomic E-state index is 0.0231. The van der Waals surface area contributed by atoms with Crippen LogP contribution in [0.2, 0.25) is 0 Å². The Balaban J connectivity index is 1.54. The second-order valence-corrected chi connectivity index (χ2v) is 9.09. The van der Waals surface area contributed by atoms with Crippen molar-refractivity contribution in [2.45, 2.75) is 26.5 Å². The van der Waals surface area contributed by atoms with E-state index in [0.717, 1.165) is 29.2 Å². The second-order valence-electron chi connectivity index (χ2n) is 8.68. The Labute approximate surface area is 218 Å². The van der Waals surface area contributed by atoms with Gasteiger partial charge in [0, 0.05) is 55.2 Å². The van der Waals surface area contributed by atoms with Gasteiger partial charge in [-0.2, -0.15) is 0 Å². The largest absolute Gasteiger partial charge is 0.486 e. The van der Waals surface area contributed by atoms with Gasteiger partial charge in [-0.1, -0.05) is 11.6 Å². The molecule has 37 heavy (non-hydrogen) atoms. The highest BCUT2D eigenvalue weighted by Crippen LogP contribution is 2.43. The normalized spacial score (nSPS) is 18.2. The third kappa shape index (κ3) is 5.26. The van der Waals surface area contributed by atoms with E-state index in [9.17, 15) is 8.78 Å². The standard InChI is InChI=1S/C26H25ClF2N6O2/c1-16-13-30-5-4-22(16)35-17(2)11-23(37-15-21-19(29)12-18(28)14-32-21)24(27)25(35)20-3-6-31-26(33-20)34-7-9-36-10-8-34/h3-6,11-14,25H,7-10,15H2,1-2H3. The first-order valence-electron chi connectivity index (χ1n) is 11.8. The highest BCUT2D eigenvalue weighted by Gasteiger charge is 2.34. The van der Waals surface area contributed by atoms with E-state index in [2.05, 4.69) is 24.8 Å². The van der Waals surface area contributed by atoms with Crippen LogP contribution in [0.4, 0.5) is 20.4 Å². The molecule has 0 amide bonds. The maximum Gasteiger partial charge on any atom is 0.225 e. The van der Waals surface area contributed by atoms with Crippen molar-refractivity contribution in [3.05, 3.63) is 94.1 Å². The van der Waals surface area contributed by atoms with E-state index in [1.807, 2.05) is 26.0 Å². The Morgan fingerprint density at radius 1 is 1.11 bits per heavy atom. The van der Waals surface area contributed by atoms with Gasteiger partial charge in [-0.05, 0) is 31.5 Å². The van der Waals surface area contributed by atoms with Gasteiger partial charge in [0.1, 0.15) is 29.9 Å². The van der Waals surface area contributed by atoms with E-state index in [-0.39, 0.29) is 12.3 Å². The number of hydrogen-bond donors (Lipinski definition) is 0. The summed E-state index contributed by atoms with van der Waals surface area (Å²) in [6, 6.07) is 3.96. The van der Waals surface area contributed by atoms with Crippen LogP contribution in [-0.4, -0.2) is 46.2 Å². The van der Waals surface area contributed by atoms with Gasteiger partial charge in [-0.25, -0.2) is 18.7 Å². The first-order chi connectivity index (χ1) is 17.9. The SMILES string of the molecule is CC1=CC(OCc2ncc(F)cc2F)=C(Cl)C(c2ccnc(N3CCOCC3)n2)N1c1ccncc1C. The summed E-state index contributed by atoms with van der Waals surface area (Å²) in [5, 5.41) is 0.357. The molecule has 1 unspecified atom stereocenters. The van der Waals surface area contributed by atoms with Crippen molar-refractivity contribution in [2.24, 2.45) is 0 Å². The molecule has 192 valence electrons. The molecular weight excluding hydrogens is 502 g/mol. The number of anilines is 2. The fraction of sp³-hybridized carbons (Fsp3) is 0.308. The number of hydrogen-bond acceptors (Lipinski definition) is 8. The Kier molecular flexibility index (Phi) is 7.29. The lowest BCUT2D eigenvalue weighted by Crippen LogP contribution is -2.38. The van der Waals surface area contributed by atoms with E-state index < -0.39 is 17.7 Å². The molecule has 8 nitrogen and oxygen atoms in total. The van der Waals surface area contributed by atoms with Crippen LogP contribution in [0.1, 0.15) is 29.9 Å². The summed E-state index contributed by atoms with van der Waals surface area (Å²) in [5.74, 6) is -0.604. The lowest BCUT2D eigenvalue weighted by Gasteiger charge is -2.38. The number of aromatic nitrogens is 4. The van der Waals surface area contributed by atoms with Crippen molar-refractivity contribution in [3.63, 3.8) is 0 Å². The van der Waals surface area contributed by atoms with Crippen LogP contribution in [0.15, 0.2) is 65.6 Å². The zero-order valence-electron chi connectivity index (χ0n) is 20.4. The van der Waals surface area contributed by atoms with E-state index in [1.165, 1.54) is 0 Å². The predicted octanol–water partition coefficient (Wildman–Crippen LogP) is 4.82. The minimum Gasteiger partial charge on any atom is -0.486 e. The van der Waals surface area contributed by atoms with Gasteiger partial charge in [0.15, 0.2) is 5.82 Å². The molecule has 1 fully saturated rings. The number of aryl methyl sites for hydroxylation is 1. The molecule has 0 aliphatic carbocycles. The smallest absolute Gasteiger partial charge is 0.225 e. The molecule has 1 atom stereocenters. The molecule has 0 aromatic carbocycles. The van der Waals surface area contributed by atoms with Crippen LogP contribution >= 0.6 is 11.6 Å². The average molecular weight is 527 g/mol. The molecule has 3 aromatic heterocycles. The van der Waals surface area contributed by atoms with Crippen molar-refractivity contribution in [1.82, 2.24) is 19.9 Å². The molecule has 2 aliphatic heterocycles. The second kappa shape index (κ2) is 10.8. The summed E-state index contributed by atoms with van der Waals surface area (Å²) in [5.41, 5.74) is 3.33. The first kappa shape index (κ1) is 25.0. The fourth-order valence-corrected chi connectivity index (χ4v) is 4.66. The Bertz CT molecular complexity index is 1360. The molecule has 5 rings (SSSR count). The molecule has 5 heterocycles. The van der Waals surface area contributed by atoms with Crippen molar-refractivity contribution in [2.75, 3.05) is 36.1 Å². The van der Waals surface area contributed by atoms with Crippen molar-refractivity contribution < 1.29 is 18.3 Å². The zero-order valence-corrected chi connectivity index (χ0v) is 21.1. The lowest BCUT2D eigenvalue weighted by atomic mass is 10.0. The molecule has 0 bridgehead atoms. The van der Waals surface area contributed by atoms with Crippen LogP contribution < -0.4 is 9.80 Å². The Morgan fingerprint density at radius 3 is 2.68 bits per heavy atom. The third-order valence-corrected chi connectivity index (χ3v) is 6.58. The van der Waals surface area contributed by atoms with E-state index in [4.69, 9.17) is 26.1 Å². The van der Waals surface area contributed by atoms with Gasteiger partial charge in [0.05, 0.1) is 30.1 Å². The topological polar surface area (TPSA) is 76.5 Å². The van der Waals surface area contributed by atoms with Crippen LogP contribution in [-0.2, 0) is 16.1 Å². The summed E-state index contributed by atoms with van der Waals surface area (Å²) in [6.45, 7) is 6.27. The van der Waals surface area contributed by atoms with Crippen LogP contribution in [0.5, 0.6) is 0 Å². The average Bonchev–Trinajstić information content (AvgIpc) is 2.90. The molecule has 0 saturated carbocycles. The summed E-state index contributed by atoms with van der Waals surface area (Å²) in [4.78, 5) is 21.5. The molecule has 0 radical (unpaired) electrons. The predicted molar refractivity (Wildman–Crippen MR) is 135 cm³/mol. The number of rotatable bonds is 6. The molecule has 3 aromatic rings. The molecule has 11 heteroatoms. The molecule has 0 N–H and O–H groups in total. The molecule has 2 aliphatic rings.